The fourth-order valence-corrected chi connectivity index (χ4v) is 4.25. The minimum absolute atomic E-state index is 0.0263. The molecule has 1 heterocycles. The number of Topliss-reactive ketones (excluding diaryl/α,β-unsaturated/α-hetero) is 1. The number of aliphatic hydroxyl groups excluding tert-OH is 1. The van der Waals surface area contributed by atoms with Crippen molar-refractivity contribution in [3.05, 3.63) is 94.6 Å². The maximum atomic E-state index is 13.3. The first-order chi connectivity index (χ1) is 15.9. The molecule has 1 unspecified atom stereocenters. The van der Waals surface area contributed by atoms with E-state index in [1.165, 1.54) is 19.1 Å². The van der Waals surface area contributed by atoms with Crippen molar-refractivity contribution in [2.24, 2.45) is 0 Å². The normalized spacial score (nSPS) is 17.3. The molecule has 1 amide bonds. The molecule has 0 aliphatic carbocycles. The van der Waals surface area contributed by atoms with Crippen molar-refractivity contribution in [1.82, 2.24) is 0 Å². The van der Waals surface area contributed by atoms with Gasteiger partial charge in [0.1, 0.15) is 5.76 Å². The fraction of sp³-hybridized carbons (Fsp3) is 0.185. The zero-order chi connectivity index (χ0) is 23.7. The quantitative estimate of drug-likeness (QED) is 0.343. The van der Waals surface area contributed by atoms with Crippen molar-refractivity contribution in [3.8, 4) is 11.5 Å². The predicted octanol–water partition coefficient (Wildman–Crippen LogP) is 4.95. The molecule has 1 saturated heterocycles. The maximum absolute atomic E-state index is 13.3. The van der Waals surface area contributed by atoms with Crippen LogP contribution in [0.1, 0.15) is 28.3 Å². The van der Waals surface area contributed by atoms with E-state index in [1.54, 1.807) is 18.2 Å². The number of nitrogens with zero attached hydrogens (tertiary/aromatic N) is 1. The third-order valence-electron chi connectivity index (χ3n) is 5.83. The Hall–Kier alpha value is -4.06. The third kappa shape index (κ3) is 3.84. The number of methoxy groups -OCH3 is 2. The summed E-state index contributed by atoms with van der Waals surface area (Å²) in [6.07, 6.45) is 0. The average molecular weight is 443 g/mol. The number of rotatable bonds is 5. The summed E-state index contributed by atoms with van der Waals surface area (Å²) in [5.74, 6) is -0.796. The number of anilines is 1. The smallest absolute Gasteiger partial charge is 0.300 e. The number of aliphatic hydroxyl groups is 1. The van der Waals surface area contributed by atoms with Crippen LogP contribution in [0.4, 0.5) is 5.69 Å². The molecule has 0 radical (unpaired) electrons. The highest BCUT2D eigenvalue weighted by Gasteiger charge is 2.47. The zero-order valence-electron chi connectivity index (χ0n) is 19.0. The van der Waals surface area contributed by atoms with Gasteiger partial charge in [-0.3, -0.25) is 14.5 Å². The van der Waals surface area contributed by atoms with Crippen LogP contribution in [-0.2, 0) is 9.59 Å². The molecule has 6 heteroatoms. The van der Waals surface area contributed by atoms with Crippen molar-refractivity contribution in [2.45, 2.75) is 19.9 Å². The van der Waals surface area contributed by atoms with Gasteiger partial charge in [0.25, 0.3) is 11.7 Å². The molecule has 1 aliphatic heterocycles. The first-order valence-corrected chi connectivity index (χ1v) is 10.5. The van der Waals surface area contributed by atoms with Crippen molar-refractivity contribution in [1.29, 1.82) is 0 Å². The Bertz CT molecular complexity index is 1260. The first kappa shape index (κ1) is 22.1. The van der Waals surface area contributed by atoms with Crippen LogP contribution in [0.3, 0.4) is 0 Å². The van der Waals surface area contributed by atoms with E-state index in [-0.39, 0.29) is 11.3 Å². The number of aryl methyl sites for hydroxylation is 2. The topological polar surface area (TPSA) is 76.1 Å². The Labute approximate surface area is 192 Å². The van der Waals surface area contributed by atoms with Gasteiger partial charge in [0.15, 0.2) is 11.5 Å². The average Bonchev–Trinajstić information content (AvgIpc) is 3.09. The molecule has 1 aliphatic rings. The number of hydrogen-bond acceptors (Lipinski definition) is 5. The van der Waals surface area contributed by atoms with Gasteiger partial charge in [-0.05, 0) is 49.2 Å². The van der Waals surface area contributed by atoms with Gasteiger partial charge in [0.05, 0.1) is 25.8 Å². The molecule has 1 fully saturated rings. The number of carbonyl (C=O) groups is 2. The summed E-state index contributed by atoms with van der Waals surface area (Å²) in [5.41, 5.74) is 3.64. The van der Waals surface area contributed by atoms with Gasteiger partial charge in [0.2, 0.25) is 0 Å². The van der Waals surface area contributed by atoms with Crippen LogP contribution in [0, 0.1) is 13.8 Å². The van der Waals surface area contributed by atoms with Gasteiger partial charge in [-0.1, -0.05) is 48.0 Å². The minimum atomic E-state index is -0.777. The molecule has 3 aromatic carbocycles. The van der Waals surface area contributed by atoms with E-state index >= 15 is 0 Å². The van der Waals surface area contributed by atoms with Gasteiger partial charge in [-0.25, -0.2) is 0 Å². The van der Waals surface area contributed by atoms with Gasteiger partial charge < -0.3 is 14.6 Å². The minimum Gasteiger partial charge on any atom is -0.507 e. The Morgan fingerprint density at radius 2 is 1.58 bits per heavy atom. The van der Waals surface area contributed by atoms with Crippen LogP contribution in [-0.4, -0.2) is 31.0 Å². The second-order valence-electron chi connectivity index (χ2n) is 7.94. The molecular weight excluding hydrogens is 418 g/mol. The van der Waals surface area contributed by atoms with Gasteiger partial charge in [0, 0.05) is 11.3 Å². The Morgan fingerprint density at radius 3 is 2.21 bits per heavy atom. The highest BCUT2D eigenvalue weighted by atomic mass is 16.5. The lowest BCUT2D eigenvalue weighted by atomic mass is 9.94. The largest absolute Gasteiger partial charge is 0.507 e. The molecule has 1 atom stereocenters. The summed E-state index contributed by atoms with van der Waals surface area (Å²) < 4.78 is 10.6. The zero-order valence-corrected chi connectivity index (χ0v) is 19.0. The molecule has 0 spiro atoms. The summed E-state index contributed by atoms with van der Waals surface area (Å²) in [4.78, 5) is 28.0. The number of hydrogen-bond donors (Lipinski definition) is 1. The van der Waals surface area contributed by atoms with E-state index in [9.17, 15) is 14.7 Å². The van der Waals surface area contributed by atoms with E-state index < -0.39 is 17.7 Å². The SMILES string of the molecule is COc1ccc(/C(O)=C2\C(=O)C(=O)N(c3ccc(C)cc3C)C2c2ccccc2)cc1OC. The molecule has 1 N–H and O–H groups in total. The fourth-order valence-electron chi connectivity index (χ4n) is 4.25. The van der Waals surface area contributed by atoms with Gasteiger partial charge in [-0.2, -0.15) is 0 Å². The maximum Gasteiger partial charge on any atom is 0.300 e. The lowest BCUT2D eigenvalue weighted by Gasteiger charge is -2.27. The molecule has 3 aromatic rings. The highest BCUT2D eigenvalue weighted by Crippen LogP contribution is 2.43. The van der Waals surface area contributed by atoms with Crippen LogP contribution < -0.4 is 14.4 Å². The van der Waals surface area contributed by atoms with Crippen LogP contribution in [0.25, 0.3) is 5.76 Å². The van der Waals surface area contributed by atoms with E-state index in [4.69, 9.17) is 9.47 Å². The number of carbonyl (C=O) groups excluding carboxylic acids is 2. The van der Waals surface area contributed by atoms with Gasteiger partial charge in [-0.15, -0.1) is 0 Å². The monoisotopic (exact) mass is 443 g/mol. The second-order valence-corrected chi connectivity index (χ2v) is 7.94. The summed E-state index contributed by atoms with van der Waals surface area (Å²) in [6.45, 7) is 3.87. The summed E-state index contributed by atoms with van der Waals surface area (Å²) in [6, 6.07) is 19.0. The van der Waals surface area contributed by atoms with Crippen molar-refractivity contribution in [3.63, 3.8) is 0 Å². The molecule has 0 aromatic heterocycles. The standard InChI is InChI=1S/C27H25NO5/c1-16-10-12-20(17(2)14-16)28-24(18-8-6-5-7-9-18)23(26(30)27(28)31)25(29)19-11-13-21(32-3)22(15-19)33-4/h5-15,24,29H,1-4H3/b25-23+. The van der Waals surface area contributed by atoms with Gasteiger partial charge >= 0.3 is 0 Å². The summed E-state index contributed by atoms with van der Waals surface area (Å²) in [7, 11) is 3.01. The molecular formula is C27H25NO5. The molecule has 6 nitrogen and oxygen atoms in total. The molecule has 168 valence electrons. The molecule has 0 saturated carbocycles. The Morgan fingerprint density at radius 1 is 0.879 bits per heavy atom. The van der Waals surface area contributed by atoms with Crippen molar-refractivity contribution >= 4 is 23.1 Å². The molecule has 4 rings (SSSR count). The van der Waals surface area contributed by atoms with Crippen molar-refractivity contribution in [2.75, 3.05) is 19.1 Å². The molecule has 33 heavy (non-hydrogen) atoms. The van der Waals surface area contributed by atoms with E-state index in [2.05, 4.69) is 0 Å². The second kappa shape index (κ2) is 8.82. The number of ketones is 1. The Balaban J connectivity index is 1.95. The highest BCUT2D eigenvalue weighted by molar-refractivity contribution is 6.51. The first-order valence-electron chi connectivity index (χ1n) is 10.5. The summed E-state index contributed by atoms with van der Waals surface area (Å²) >= 11 is 0. The number of ether oxygens (including phenoxy) is 2. The lowest BCUT2D eigenvalue weighted by Crippen LogP contribution is -2.30. The van der Waals surface area contributed by atoms with Crippen LogP contribution in [0.15, 0.2) is 72.3 Å². The third-order valence-corrected chi connectivity index (χ3v) is 5.83. The molecule has 0 bridgehead atoms. The van der Waals surface area contributed by atoms with Crippen LogP contribution in [0.5, 0.6) is 11.5 Å². The van der Waals surface area contributed by atoms with E-state index in [0.29, 0.717) is 22.7 Å². The lowest BCUT2D eigenvalue weighted by molar-refractivity contribution is -0.132. The predicted molar refractivity (Wildman–Crippen MR) is 127 cm³/mol. The van der Waals surface area contributed by atoms with E-state index in [1.807, 2.05) is 62.4 Å². The van der Waals surface area contributed by atoms with Crippen LogP contribution in [0.2, 0.25) is 0 Å². The number of benzene rings is 3. The summed E-state index contributed by atoms with van der Waals surface area (Å²) in [5, 5.41) is 11.3. The van der Waals surface area contributed by atoms with E-state index in [0.717, 1.165) is 16.7 Å². The Kier molecular flexibility index (Phi) is 5.92. The van der Waals surface area contributed by atoms with Crippen molar-refractivity contribution < 1.29 is 24.2 Å². The number of amides is 1. The van der Waals surface area contributed by atoms with Crippen LogP contribution >= 0.6 is 0 Å².